The third kappa shape index (κ3) is 4.18. The summed E-state index contributed by atoms with van der Waals surface area (Å²) in [5.74, 6) is 0.903. The van der Waals surface area contributed by atoms with Gasteiger partial charge in [-0.05, 0) is 42.5 Å². The Balaban J connectivity index is 1.32. The first kappa shape index (κ1) is 20.8. The lowest BCUT2D eigenvalue weighted by Crippen LogP contribution is -2.59. The first-order valence-electron chi connectivity index (χ1n) is 11.2. The lowest BCUT2D eigenvalue weighted by atomic mass is 9.85. The molecule has 3 heterocycles. The number of aryl methyl sites for hydroxylation is 1. The predicted molar refractivity (Wildman–Crippen MR) is 120 cm³/mol. The zero-order valence-corrected chi connectivity index (χ0v) is 18.3. The first-order chi connectivity index (χ1) is 15.6. The standard InChI is InChI=1S/C25H28N4O3/c1-18-27-23(28-32-18)20-7-4-8-21(15-20)24(30)26-17-25(10-13-31-14-11-25)29-12-9-19-5-2-3-6-22(19)16-29/h2-8,15H,9-14,16-17H2,1H3,(H,26,30). The quantitative estimate of drug-likeness (QED) is 0.666. The Labute approximate surface area is 187 Å². The van der Waals surface area contributed by atoms with E-state index in [0.717, 1.165) is 51.1 Å². The highest BCUT2D eigenvalue weighted by Gasteiger charge is 2.40. The van der Waals surface area contributed by atoms with Crippen LogP contribution in [0.5, 0.6) is 0 Å². The van der Waals surface area contributed by atoms with Gasteiger partial charge < -0.3 is 14.6 Å². The van der Waals surface area contributed by atoms with E-state index >= 15 is 0 Å². The molecule has 166 valence electrons. The number of nitrogens with zero attached hydrogens (tertiary/aromatic N) is 3. The summed E-state index contributed by atoms with van der Waals surface area (Å²) >= 11 is 0. The second-order valence-electron chi connectivity index (χ2n) is 8.68. The molecule has 0 bridgehead atoms. The van der Waals surface area contributed by atoms with Crippen LogP contribution in [0.3, 0.4) is 0 Å². The third-order valence-corrected chi connectivity index (χ3v) is 6.71. The van der Waals surface area contributed by atoms with Gasteiger partial charge in [0.05, 0.1) is 0 Å². The van der Waals surface area contributed by atoms with E-state index in [2.05, 4.69) is 44.6 Å². The molecule has 2 aromatic carbocycles. The van der Waals surface area contributed by atoms with Crippen LogP contribution in [-0.4, -0.2) is 52.8 Å². The maximum absolute atomic E-state index is 13.1. The molecular weight excluding hydrogens is 404 g/mol. The van der Waals surface area contributed by atoms with E-state index in [1.165, 1.54) is 11.1 Å². The van der Waals surface area contributed by atoms with Gasteiger partial charge in [0, 0.05) is 56.4 Å². The molecule has 1 N–H and O–H groups in total. The number of rotatable bonds is 5. The Hall–Kier alpha value is -3.03. The summed E-state index contributed by atoms with van der Waals surface area (Å²) in [6.07, 6.45) is 2.87. The van der Waals surface area contributed by atoms with Crippen molar-refractivity contribution in [2.24, 2.45) is 0 Å². The molecule has 7 nitrogen and oxygen atoms in total. The fourth-order valence-corrected chi connectivity index (χ4v) is 4.82. The number of ether oxygens (including phenoxy) is 1. The Morgan fingerprint density at radius 3 is 2.72 bits per heavy atom. The highest BCUT2D eigenvalue weighted by atomic mass is 16.5. The first-order valence-corrected chi connectivity index (χ1v) is 11.2. The minimum Gasteiger partial charge on any atom is -0.381 e. The summed E-state index contributed by atoms with van der Waals surface area (Å²) in [5.41, 5.74) is 4.09. The molecule has 5 rings (SSSR count). The van der Waals surface area contributed by atoms with Gasteiger partial charge in [-0.1, -0.05) is 41.6 Å². The maximum Gasteiger partial charge on any atom is 0.251 e. The van der Waals surface area contributed by atoms with Crippen LogP contribution in [0.25, 0.3) is 11.4 Å². The van der Waals surface area contributed by atoms with Crippen molar-refractivity contribution >= 4 is 5.91 Å². The summed E-state index contributed by atoms with van der Waals surface area (Å²) in [7, 11) is 0. The van der Waals surface area contributed by atoms with Crippen LogP contribution >= 0.6 is 0 Å². The van der Waals surface area contributed by atoms with Crippen LogP contribution in [0.1, 0.15) is 40.2 Å². The molecule has 1 aromatic heterocycles. The van der Waals surface area contributed by atoms with Gasteiger partial charge in [0.25, 0.3) is 5.91 Å². The lowest BCUT2D eigenvalue weighted by molar-refractivity contribution is -0.0339. The van der Waals surface area contributed by atoms with Gasteiger partial charge in [-0.25, -0.2) is 0 Å². The number of hydrogen-bond acceptors (Lipinski definition) is 6. The molecule has 0 aliphatic carbocycles. The van der Waals surface area contributed by atoms with Crippen molar-refractivity contribution in [3.05, 3.63) is 71.1 Å². The van der Waals surface area contributed by atoms with Gasteiger partial charge in [-0.15, -0.1) is 0 Å². The summed E-state index contributed by atoms with van der Waals surface area (Å²) in [6.45, 7) is 5.71. The maximum atomic E-state index is 13.1. The molecule has 2 aliphatic heterocycles. The fourth-order valence-electron chi connectivity index (χ4n) is 4.82. The summed E-state index contributed by atoms with van der Waals surface area (Å²) in [4.78, 5) is 19.9. The van der Waals surface area contributed by atoms with Crippen molar-refractivity contribution in [3.63, 3.8) is 0 Å². The van der Waals surface area contributed by atoms with Gasteiger partial charge >= 0.3 is 0 Å². The molecule has 0 atom stereocenters. The SMILES string of the molecule is Cc1nc(-c2cccc(C(=O)NCC3(N4CCc5ccccc5C4)CCOCC3)c2)no1. The molecule has 1 fully saturated rings. The van der Waals surface area contributed by atoms with E-state index in [9.17, 15) is 4.79 Å². The number of amides is 1. The van der Waals surface area contributed by atoms with E-state index in [1.807, 2.05) is 24.3 Å². The second-order valence-corrected chi connectivity index (χ2v) is 8.68. The zero-order chi connectivity index (χ0) is 22.0. The van der Waals surface area contributed by atoms with Gasteiger partial charge in [0.15, 0.2) is 0 Å². The molecule has 0 saturated carbocycles. The molecule has 0 radical (unpaired) electrons. The minimum absolute atomic E-state index is 0.0876. The number of benzene rings is 2. The van der Waals surface area contributed by atoms with Crippen LogP contribution in [0.4, 0.5) is 0 Å². The van der Waals surface area contributed by atoms with Crippen molar-refractivity contribution in [1.29, 1.82) is 0 Å². The summed E-state index contributed by atoms with van der Waals surface area (Å²) in [5, 5.41) is 7.17. The van der Waals surface area contributed by atoms with Crippen molar-refractivity contribution in [3.8, 4) is 11.4 Å². The van der Waals surface area contributed by atoms with Crippen LogP contribution in [0, 0.1) is 6.92 Å². The highest BCUT2D eigenvalue weighted by molar-refractivity contribution is 5.95. The highest BCUT2D eigenvalue weighted by Crippen LogP contribution is 2.32. The van der Waals surface area contributed by atoms with E-state index in [-0.39, 0.29) is 11.4 Å². The molecule has 0 unspecified atom stereocenters. The van der Waals surface area contributed by atoms with Crippen molar-refractivity contribution < 1.29 is 14.1 Å². The third-order valence-electron chi connectivity index (χ3n) is 6.71. The molecule has 2 aliphatic rings. The number of hydrogen-bond donors (Lipinski definition) is 1. The second kappa shape index (κ2) is 8.84. The van der Waals surface area contributed by atoms with Gasteiger partial charge in [-0.2, -0.15) is 4.98 Å². The smallest absolute Gasteiger partial charge is 0.251 e. The Kier molecular flexibility index (Phi) is 5.76. The zero-order valence-electron chi connectivity index (χ0n) is 18.3. The van der Waals surface area contributed by atoms with Crippen LogP contribution < -0.4 is 5.32 Å². The minimum atomic E-state index is -0.0934. The van der Waals surface area contributed by atoms with Gasteiger partial charge in [0.1, 0.15) is 0 Å². The molecule has 3 aromatic rings. The number of nitrogens with one attached hydrogen (secondary N) is 1. The van der Waals surface area contributed by atoms with Gasteiger partial charge in [0.2, 0.25) is 11.7 Å². The molecule has 1 amide bonds. The van der Waals surface area contributed by atoms with E-state index < -0.39 is 0 Å². The van der Waals surface area contributed by atoms with E-state index in [1.54, 1.807) is 6.92 Å². The van der Waals surface area contributed by atoms with Crippen LogP contribution in [0.15, 0.2) is 53.1 Å². The Morgan fingerprint density at radius 2 is 1.94 bits per heavy atom. The van der Waals surface area contributed by atoms with Crippen molar-refractivity contribution in [1.82, 2.24) is 20.4 Å². The van der Waals surface area contributed by atoms with Crippen molar-refractivity contribution in [2.75, 3.05) is 26.3 Å². The lowest BCUT2D eigenvalue weighted by Gasteiger charge is -2.48. The summed E-state index contributed by atoms with van der Waals surface area (Å²) in [6, 6.07) is 16.0. The van der Waals surface area contributed by atoms with E-state index in [0.29, 0.717) is 23.8 Å². The average molecular weight is 433 g/mol. The molecule has 32 heavy (non-hydrogen) atoms. The normalized spacial score (nSPS) is 18.2. The molecule has 7 heteroatoms. The Bertz CT molecular complexity index is 1100. The van der Waals surface area contributed by atoms with Gasteiger partial charge in [-0.3, -0.25) is 9.69 Å². The molecule has 0 spiro atoms. The number of carbonyl (C=O) groups is 1. The van der Waals surface area contributed by atoms with E-state index in [4.69, 9.17) is 9.26 Å². The largest absolute Gasteiger partial charge is 0.381 e. The number of aromatic nitrogens is 2. The van der Waals surface area contributed by atoms with Crippen LogP contribution in [0.2, 0.25) is 0 Å². The average Bonchev–Trinajstić information content (AvgIpc) is 3.29. The number of fused-ring (bicyclic) bond motifs is 1. The topological polar surface area (TPSA) is 80.5 Å². The number of carbonyl (C=O) groups excluding carboxylic acids is 1. The molecule has 1 saturated heterocycles. The van der Waals surface area contributed by atoms with Crippen molar-refractivity contribution in [2.45, 2.75) is 38.3 Å². The van der Waals surface area contributed by atoms with Crippen LogP contribution in [-0.2, 0) is 17.7 Å². The predicted octanol–water partition coefficient (Wildman–Crippen LogP) is 3.38. The monoisotopic (exact) mass is 432 g/mol. The molecular formula is C25H28N4O3. The summed E-state index contributed by atoms with van der Waals surface area (Å²) < 4.78 is 10.8. The fraction of sp³-hybridized carbons (Fsp3) is 0.400. The Morgan fingerprint density at radius 1 is 1.12 bits per heavy atom.